The number of carbonyl (C=O) groups is 2. The molecule has 2 amide bonds. The summed E-state index contributed by atoms with van der Waals surface area (Å²) in [5.74, 6) is 0.384. The van der Waals surface area contributed by atoms with Crippen LogP contribution in [0.4, 0.5) is 0 Å². The molecule has 1 atom stereocenters. The van der Waals surface area contributed by atoms with Crippen LogP contribution in [-0.4, -0.2) is 39.0 Å². The van der Waals surface area contributed by atoms with E-state index >= 15 is 0 Å². The average Bonchev–Trinajstić information content (AvgIpc) is 2.45. The van der Waals surface area contributed by atoms with E-state index in [-0.39, 0.29) is 18.4 Å². The SMILES string of the molecule is CCS(=O)CCN1C(=O)c2ccccc2C(C)(C)C1=O. The van der Waals surface area contributed by atoms with Crippen LogP contribution in [0.2, 0.25) is 0 Å². The smallest absolute Gasteiger partial charge is 0.260 e. The van der Waals surface area contributed by atoms with Gasteiger partial charge in [-0.2, -0.15) is 0 Å². The van der Waals surface area contributed by atoms with Gasteiger partial charge in [0.05, 0.1) is 5.41 Å². The van der Waals surface area contributed by atoms with Crippen LogP contribution in [0.5, 0.6) is 0 Å². The quantitative estimate of drug-likeness (QED) is 0.794. The summed E-state index contributed by atoms with van der Waals surface area (Å²) in [7, 11) is -0.987. The number of imide groups is 1. The molecule has 0 aromatic heterocycles. The molecule has 0 spiro atoms. The average molecular weight is 293 g/mol. The fourth-order valence-electron chi connectivity index (χ4n) is 2.45. The van der Waals surface area contributed by atoms with Gasteiger partial charge in [-0.25, -0.2) is 0 Å². The summed E-state index contributed by atoms with van der Waals surface area (Å²) >= 11 is 0. The third kappa shape index (κ3) is 2.42. The van der Waals surface area contributed by atoms with Crippen LogP contribution in [0.1, 0.15) is 36.7 Å². The Balaban J connectivity index is 2.36. The van der Waals surface area contributed by atoms with Gasteiger partial charge in [0, 0.05) is 34.4 Å². The molecule has 0 radical (unpaired) electrons. The maximum Gasteiger partial charge on any atom is 0.260 e. The number of amides is 2. The molecule has 0 aliphatic carbocycles. The van der Waals surface area contributed by atoms with Crippen LogP contribution in [-0.2, 0) is 21.0 Å². The van der Waals surface area contributed by atoms with Crippen molar-refractivity contribution in [3.8, 4) is 0 Å². The predicted octanol–water partition coefficient (Wildman–Crippen LogP) is 1.72. The van der Waals surface area contributed by atoms with Gasteiger partial charge in [0.25, 0.3) is 5.91 Å². The molecule has 1 aliphatic heterocycles. The summed E-state index contributed by atoms with van der Waals surface area (Å²) in [6.07, 6.45) is 0. The number of carbonyl (C=O) groups excluding carboxylic acids is 2. The first-order chi connectivity index (χ1) is 9.39. The van der Waals surface area contributed by atoms with Crippen molar-refractivity contribution < 1.29 is 13.8 Å². The van der Waals surface area contributed by atoms with E-state index in [4.69, 9.17) is 0 Å². The van der Waals surface area contributed by atoms with E-state index in [0.717, 1.165) is 5.56 Å². The van der Waals surface area contributed by atoms with E-state index in [1.54, 1.807) is 12.1 Å². The molecule has 108 valence electrons. The summed E-state index contributed by atoms with van der Waals surface area (Å²) in [5.41, 5.74) is 0.611. The molecule has 1 aliphatic rings. The van der Waals surface area contributed by atoms with Gasteiger partial charge >= 0.3 is 0 Å². The highest BCUT2D eigenvalue weighted by atomic mass is 32.2. The number of hydrogen-bond donors (Lipinski definition) is 0. The normalized spacial score (nSPS) is 18.9. The van der Waals surface area contributed by atoms with Gasteiger partial charge in [0.1, 0.15) is 0 Å². The monoisotopic (exact) mass is 293 g/mol. The number of rotatable bonds is 4. The summed E-state index contributed by atoms with van der Waals surface area (Å²) < 4.78 is 11.5. The lowest BCUT2D eigenvalue weighted by Crippen LogP contribution is -2.52. The highest BCUT2D eigenvalue weighted by Gasteiger charge is 2.43. The van der Waals surface area contributed by atoms with Gasteiger partial charge in [0.2, 0.25) is 5.91 Å². The van der Waals surface area contributed by atoms with Gasteiger partial charge in [-0.3, -0.25) is 18.7 Å². The van der Waals surface area contributed by atoms with Crippen molar-refractivity contribution in [2.24, 2.45) is 0 Å². The van der Waals surface area contributed by atoms with Gasteiger partial charge in [0.15, 0.2) is 0 Å². The van der Waals surface area contributed by atoms with Crippen molar-refractivity contribution >= 4 is 22.6 Å². The second-order valence-electron chi connectivity index (χ2n) is 5.37. The largest absolute Gasteiger partial charge is 0.277 e. The highest BCUT2D eigenvalue weighted by molar-refractivity contribution is 7.84. The number of benzene rings is 1. The molecule has 1 heterocycles. The Bertz CT molecular complexity index is 580. The van der Waals surface area contributed by atoms with Gasteiger partial charge in [-0.05, 0) is 25.5 Å². The Hall–Kier alpha value is -1.49. The zero-order valence-corrected chi connectivity index (χ0v) is 12.8. The predicted molar refractivity (Wildman–Crippen MR) is 79.1 cm³/mol. The van der Waals surface area contributed by atoms with Crippen LogP contribution in [0.15, 0.2) is 24.3 Å². The van der Waals surface area contributed by atoms with Crippen molar-refractivity contribution in [1.82, 2.24) is 4.90 Å². The van der Waals surface area contributed by atoms with Crippen LogP contribution >= 0.6 is 0 Å². The number of fused-ring (bicyclic) bond motifs is 1. The first-order valence-electron chi connectivity index (χ1n) is 6.70. The topological polar surface area (TPSA) is 54.5 Å². The summed E-state index contributed by atoms with van der Waals surface area (Å²) in [6, 6.07) is 7.20. The van der Waals surface area contributed by atoms with Crippen molar-refractivity contribution in [2.45, 2.75) is 26.2 Å². The summed E-state index contributed by atoms with van der Waals surface area (Å²) in [6.45, 7) is 5.69. The second-order valence-corrected chi connectivity index (χ2v) is 7.23. The molecular weight excluding hydrogens is 274 g/mol. The maximum absolute atomic E-state index is 12.5. The zero-order chi connectivity index (χ0) is 14.9. The van der Waals surface area contributed by atoms with E-state index in [1.807, 2.05) is 32.9 Å². The standard InChI is InChI=1S/C15H19NO3S/c1-4-20(19)10-9-16-13(17)11-7-5-6-8-12(11)15(2,3)14(16)18/h5-8H,4,9-10H2,1-3H3. The number of hydrogen-bond acceptors (Lipinski definition) is 3. The molecule has 0 bridgehead atoms. The van der Waals surface area contributed by atoms with Crippen LogP contribution in [0.3, 0.4) is 0 Å². The molecule has 2 rings (SSSR count). The summed E-state index contributed by atoms with van der Waals surface area (Å²) in [5, 5.41) is 0. The van der Waals surface area contributed by atoms with Crippen LogP contribution in [0.25, 0.3) is 0 Å². The molecule has 0 saturated carbocycles. The maximum atomic E-state index is 12.5. The lowest BCUT2D eigenvalue weighted by Gasteiger charge is -2.37. The molecule has 0 fully saturated rings. The van der Waals surface area contributed by atoms with E-state index in [2.05, 4.69) is 0 Å². The first-order valence-corrected chi connectivity index (χ1v) is 8.19. The molecule has 0 N–H and O–H groups in total. The van der Waals surface area contributed by atoms with E-state index in [9.17, 15) is 13.8 Å². The Morgan fingerprint density at radius 2 is 1.85 bits per heavy atom. The van der Waals surface area contributed by atoms with Crippen molar-refractivity contribution in [2.75, 3.05) is 18.1 Å². The van der Waals surface area contributed by atoms with Crippen molar-refractivity contribution in [3.63, 3.8) is 0 Å². The fourth-order valence-corrected chi connectivity index (χ4v) is 3.12. The third-order valence-electron chi connectivity index (χ3n) is 3.72. The zero-order valence-electron chi connectivity index (χ0n) is 12.0. The Morgan fingerprint density at radius 3 is 2.50 bits per heavy atom. The molecular formula is C15H19NO3S. The van der Waals surface area contributed by atoms with Crippen molar-refractivity contribution in [3.05, 3.63) is 35.4 Å². The minimum atomic E-state index is -0.987. The second kappa shape index (κ2) is 5.48. The highest BCUT2D eigenvalue weighted by Crippen LogP contribution is 2.34. The van der Waals surface area contributed by atoms with E-state index in [1.165, 1.54) is 4.90 Å². The summed E-state index contributed by atoms with van der Waals surface area (Å²) in [4.78, 5) is 26.2. The molecule has 20 heavy (non-hydrogen) atoms. The Labute approximate surface area is 121 Å². The molecule has 1 aromatic carbocycles. The van der Waals surface area contributed by atoms with E-state index < -0.39 is 16.2 Å². The van der Waals surface area contributed by atoms with Gasteiger partial charge < -0.3 is 0 Å². The fraction of sp³-hybridized carbons (Fsp3) is 0.467. The Kier molecular flexibility index (Phi) is 4.09. The molecule has 5 heteroatoms. The minimum absolute atomic E-state index is 0.214. The Morgan fingerprint density at radius 1 is 1.20 bits per heavy atom. The minimum Gasteiger partial charge on any atom is -0.277 e. The molecule has 1 aromatic rings. The third-order valence-corrected chi connectivity index (χ3v) is 5.00. The first kappa shape index (κ1) is 14.9. The van der Waals surface area contributed by atoms with Gasteiger partial charge in [-0.15, -0.1) is 0 Å². The van der Waals surface area contributed by atoms with Gasteiger partial charge in [-0.1, -0.05) is 25.1 Å². The lowest BCUT2D eigenvalue weighted by molar-refractivity contribution is -0.134. The van der Waals surface area contributed by atoms with Crippen LogP contribution in [0, 0.1) is 0 Å². The lowest BCUT2D eigenvalue weighted by atomic mass is 9.77. The van der Waals surface area contributed by atoms with E-state index in [0.29, 0.717) is 17.1 Å². The number of nitrogens with zero attached hydrogens (tertiary/aromatic N) is 1. The van der Waals surface area contributed by atoms with Crippen LogP contribution < -0.4 is 0 Å². The van der Waals surface area contributed by atoms with Crippen molar-refractivity contribution in [1.29, 1.82) is 0 Å². The molecule has 0 saturated heterocycles. The molecule has 1 unspecified atom stereocenters. The molecule has 4 nitrogen and oxygen atoms in total.